The van der Waals surface area contributed by atoms with Crippen LogP contribution in [0.4, 0.5) is 8.78 Å². The molecular formula is C12H7F2NO. The van der Waals surface area contributed by atoms with Crippen molar-refractivity contribution in [3.8, 4) is 0 Å². The van der Waals surface area contributed by atoms with Gasteiger partial charge in [-0.3, -0.25) is 9.78 Å². The summed E-state index contributed by atoms with van der Waals surface area (Å²) in [5.41, 5.74) is -0.326. The van der Waals surface area contributed by atoms with E-state index in [9.17, 15) is 13.6 Å². The van der Waals surface area contributed by atoms with Gasteiger partial charge in [0.05, 0.1) is 5.56 Å². The third kappa shape index (κ3) is 1.82. The van der Waals surface area contributed by atoms with E-state index < -0.39 is 23.0 Å². The molecule has 1 aromatic carbocycles. The van der Waals surface area contributed by atoms with Crippen molar-refractivity contribution in [2.24, 2.45) is 0 Å². The number of hydrogen-bond acceptors (Lipinski definition) is 2. The number of carbonyl (C=O) groups excluding carboxylic acids is 1. The molecule has 0 N–H and O–H groups in total. The maximum atomic E-state index is 13.3. The number of aromatic nitrogens is 1. The molecule has 80 valence electrons. The number of pyridine rings is 1. The van der Waals surface area contributed by atoms with Crippen molar-refractivity contribution in [1.82, 2.24) is 4.98 Å². The lowest BCUT2D eigenvalue weighted by Crippen LogP contribution is -2.07. The van der Waals surface area contributed by atoms with Crippen molar-refractivity contribution < 1.29 is 13.6 Å². The van der Waals surface area contributed by atoms with Crippen LogP contribution >= 0.6 is 0 Å². The molecule has 0 atom stereocenters. The number of halogens is 2. The SMILES string of the molecule is O=C(c1ccncc1)c1c(F)cccc1F. The predicted molar refractivity (Wildman–Crippen MR) is 54.0 cm³/mol. The van der Waals surface area contributed by atoms with Gasteiger partial charge in [-0.15, -0.1) is 0 Å². The summed E-state index contributed by atoms with van der Waals surface area (Å²) in [4.78, 5) is 15.5. The Balaban J connectivity index is 2.50. The van der Waals surface area contributed by atoms with E-state index in [2.05, 4.69) is 4.98 Å². The fourth-order valence-electron chi connectivity index (χ4n) is 1.36. The van der Waals surface area contributed by atoms with Crippen molar-refractivity contribution in [2.75, 3.05) is 0 Å². The minimum Gasteiger partial charge on any atom is -0.288 e. The Bertz CT molecular complexity index is 506. The van der Waals surface area contributed by atoms with Crippen LogP contribution in [0.1, 0.15) is 15.9 Å². The summed E-state index contributed by atoms with van der Waals surface area (Å²) in [6.45, 7) is 0. The molecule has 4 heteroatoms. The fourth-order valence-corrected chi connectivity index (χ4v) is 1.36. The van der Waals surface area contributed by atoms with Crippen LogP contribution in [0, 0.1) is 11.6 Å². The van der Waals surface area contributed by atoms with Crippen LogP contribution < -0.4 is 0 Å². The highest BCUT2D eigenvalue weighted by Crippen LogP contribution is 2.16. The van der Waals surface area contributed by atoms with Gasteiger partial charge in [0.25, 0.3) is 0 Å². The first-order chi connectivity index (χ1) is 7.70. The molecule has 2 nitrogen and oxygen atoms in total. The largest absolute Gasteiger partial charge is 0.288 e. The van der Waals surface area contributed by atoms with Gasteiger partial charge in [0, 0.05) is 18.0 Å². The lowest BCUT2D eigenvalue weighted by atomic mass is 10.0. The molecule has 0 aliphatic heterocycles. The number of benzene rings is 1. The molecule has 1 aromatic heterocycles. The van der Waals surface area contributed by atoms with E-state index in [0.717, 1.165) is 12.1 Å². The summed E-state index contributed by atoms with van der Waals surface area (Å²) < 4.78 is 26.6. The Morgan fingerprint density at radius 3 is 2.12 bits per heavy atom. The van der Waals surface area contributed by atoms with Gasteiger partial charge in [-0.05, 0) is 24.3 Å². The van der Waals surface area contributed by atoms with E-state index in [1.807, 2.05) is 0 Å². The second-order valence-corrected chi connectivity index (χ2v) is 3.16. The van der Waals surface area contributed by atoms with Crippen molar-refractivity contribution in [3.05, 3.63) is 65.5 Å². The molecule has 0 bridgehead atoms. The fraction of sp³-hybridized carbons (Fsp3) is 0. The van der Waals surface area contributed by atoms with Crippen LogP contribution in [-0.4, -0.2) is 10.8 Å². The monoisotopic (exact) mass is 219 g/mol. The third-order valence-corrected chi connectivity index (χ3v) is 2.13. The van der Waals surface area contributed by atoms with Gasteiger partial charge >= 0.3 is 0 Å². The van der Waals surface area contributed by atoms with E-state index >= 15 is 0 Å². The van der Waals surface area contributed by atoms with Crippen LogP contribution in [0.25, 0.3) is 0 Å². The topological polar surface area (TPSA) is 30.0 Å². The Kier molecular flexibility index (Phi) is 2.72. The van der Waals surface area contributed by atoms with E-state index in [1.165, 1.54) is 30.6 Å². The zero-order chi connectivity index (χ0) is 11.5. The number of ketones is 1. The van der Waals surface area contributed by atoms with Crippen LogP contribution in [0.3, 0.4) is 0 Å². The van der Waals surface area contributed by atoms with Crippen molar-refractivity contribution >= 4 is 5.78 Å². The summed E-state index contributed by atoms with van der Waals surface area (Å²) in [6, 6.07) is 6.14. The second kappa shape index (κ2) is 4.18. The zero-order valence-corrected chi connectivity index (χ0v) is 8.15. The van der Waals surface area contributed by atoms with Crippen molar-refractivity contribution in [2.45, 2.75) is 0 Å². The Hall–Kier alpha value is -2.10. The molecular weight excluding hydrogens is 212 g/mol. The molecule has 0 aliphatic rings. The van der Waals surface area contributed by atoms with Gasteiger partial charge in [-0.1, -0.05) is 6.07 Å². The first kappa shape index (κ1) is 10.4. The van der Waals surface area contributed by atoms with Gasteiger partial charge in [-0.25, -0.2) is 8.78 Å². The lowest BCUT2D eigenvalue weighted by Gasteiger charge is -2.03. The molecule has 0 radical (unpaired) electrons. The molecule has 2 rings (SSSR count). The number of nitrogens with zero attached hydrogens (tertiary/aromatic N) is 1. The van der Waals surface area contributed by atoms with Gasteiger partial charge in [0.1, 0.15) is 11.6 Å². The quantitative estimate of drug-likeness (QED) is 0.726. The third-order valence-electron chi connectivity index (χ3n) is 2.13. The molecule has 1 heterocycles. The van der Waals surface area contributed by atoms with Crippen molar-refractivity contribution in [1.29, 1.82) is 0 Å². The lowest BCUT2D eigenvalue weighted by molar-refractivity contribution is 0.103. The smallest absolute Gasteiger partial charge is 0.199 e. The van der Waals surface area contributed by atoms with E-state index in [4.69, 9.17) is 0 Å². The Labute approximate surface area is 90.6 Å². The van der Waals surface area contributed by atoms with Crippen LogP contribution in [0.5, 0.6) is 0 Å². The van der Waals surface area contributed by atoms with Gasteiger partial charge in [0.15, 0.2) is 5.78 Å². The molecule has 0 unspecified atom stereocenters. The van der Waals surface area contributed by atoms with Gasteiger partial charge < -0.3 is 0 Å². The van der Waals surface area contributed by atoms with Gasteiger partial charge in [0.2, 0.25) is 0 Å². The molecule has 2 aromatic rings. The summed E-state index contributed by atoms with van der Waals surface area (Å²) in [5, 5.41) is 0. The van der Waals surface area contributed by atoms with E-state index in [1.54, 1.807) is 0 Å². The average Bonchev–Trinajstić information content (AvgIpc) is 2.30. The highest BCUT2D eigenvalue weighted by molar-refractivity contribution is 6.09. The molecule has 0 saturated heterocycles. The Morgan fingerprint density at radius 1 is 1.00 bits per heavy atom. The standard InChI is InChI=1S/C12H7F2NO/c13-9-2-1-3-10(14)11(9)12(16)8-4-6-15-7-5-8/h1-7H. The van der Waals surface area contributed by atoms with Crippen molar-refractivity contribution in [3.63, 3.8) is 0 Å². The molecule has 0 fully saturated rings. The van der Waals surface area contributed by atoms with Crippen LogP contribution in [-0.2, 0) is 0 Å². The number of carbonyl (C=O) groups is 1. The maximum Gasteiger partial charge on any atom is 0.199 e. The van der Waals surface area contributed by atoms with E-state index in [-0.39, 0.29) is 5.56 Å². The number of rotatable bonds is 2. The first-order valence-electron chi connectivity index (χ1n) is 4.59. The first-order valence-corrected chi connectivity index (χ1v) is 4.59. The highest BCUT2D eigenvalue weighted by atomic mass is 19.1. The molecule has 0 aliphatic carbocycles. The van der Waals surface area contributed by atoms with Crippen LogP contribution in [0.15, 0.2) is 42.7 Å². The zero-order valence-electron chi connectivity index (χ0n) is 8.15. The molecule has 0 amide bonds. The molecule has 0 spiro atoms. The Morgan fingerprint density at radius 2 is 1.56 bits per heavy atom. The van der Waals surface area contributed by atoms with E-state index in [0.29, 0.717) is 0 Å². The predicted octanol–water partition coefficient (Wildman–Crippen LogP) is 2.59. The summed E-state index contributed by atoms with van der Waals surface area (Å²) in [6.07, 6.45) is 2.79. The van der Waals surface area contributed by atoms with Gasteiger partial charge in [-0.2, -0.15) is 0 Å². The molecule has 16 heavy (non-hydrogen) atoms. The number of hydrogen-bond donors (Lipinski definition) is 0. The highest BCUT2D eigenvalue weighted by Gasteiger charge is 2.18. The average molecular weight is 219 g/mol. The van der Waals surface area contributed by atoms with Crippen LogP contribution in [0.2, 0.25) is 0 Å². The minimum absolute atomic E-state index is 0.207. The summed E-state index contributed by atoms with van der Waals surface area (Å²) in [7, 11) is 0. The maximum absolute atomic E-state index is 13.3. The molecule has 0 saturated carbocycles. The summed E-state index contributed by atoms with van der Waals surface area (Å²) >= 11 is 0. The minimum atomic E-state index is -0.859. The summed E-state index contributed by atoms with van der Waals surface area (Å²) in [5.74, 6) is -2.40. The normalized spacial score (nSPS) is 10.1. The second-order valence-electron chi connectivity index (χ2n) is 3.16.